The van der Waals surface area contributed by atoms with E-state index in [1.165, 1.54) is 11.3 Å². The molecule has 1 aromatic heterocycles. The van der Waals surface area contributed by atoms with Gasteiger partial charge in [-0.25, -0.2) is 4.98 Å². The van der Waals surface area contributed by atoms with E-state index in [1.807, 2.05) is 13.8 Å². The van der Waals surface area contributed by atoms with Crippen molar-refractivity contribution in [2.75, 3.05) is 19.6 Å². The molecule has 0 aromatic carbocycles. The smallest absolute Gasteiger partial charge is 0.270 e. The van der Waals surface area contributed by atoms with E-state index in [0.717, 1.165) is 18.1 Å². The third-order valence-electron chi connectivity index (χ3n) is 1.69. The van der Waals surface area contributed by atoms with Crippen molar-refractivity contribution in [3.8, 4) is 0 Å². The number of carbonyl (C=O) groups excluding carboxylic acids is 1. The summed E-state index contributed by atoms with van der Waals surface area (Å²) in [7, 11) is 0. The summed E-state index contributed by atoms with van der Waals surface area (Å²) < 4.78 is 0. The van der Waals surface area contributed by atoms with Crippen LogP contribution in [0.3, 0.4) is 0 Å². The van der Waals surface area contributed by atoms with Crippen LogP contribution in [-0.2, 0) is 0 Å². The van der Waals surface area contributed by atoms with E-state index in [1.54, 1.807) is 5.38 Å². The van der Waals surface area contributed by atoms with Crippen molar-refractivity contribution in [1.82, 2.24) is 15.6 Å². The second-order valence-electron chi connectivity index (χ2n) is 2.86. The Kier molecular flexibility index (Phi) is 4.55. The minimum atomic E-state index is -0.0905. The quantitative estimate of drug-likeness (QED) is 0.711. The molecule has 0 saturated carbocycles. The summed E-state index contributed by atoms with van der Waals surface area (Å²) in [6, 6.07) is 0. The first-order valence-electron chi connectivity index (χ1n) is 4.65. The highest BCUT2D eigenvalue weighted by atomic mass is 32.1. The molecule has 0 spiro atoms. The van der Waals surface area contributed by atoms with Crippen LogP contribution in [-0.4, -0.2) is 30.5 Å². The molecule has 0 fully saturated rings. The lowest BCUT2D eigenvalue weighted by molar-refractivity contribution is 0.0949. The van der Waals surface area contributed by atoms with E-state index in [9.17, 15) is 4.79 Å². The van der Waals surface area contributed by atoms with Crippen LogP contribution in [0.2, 0.25) is 0 Å². The van der Waals surface area contributed by atoms with Gasteiger partial charge in [0.05, 0.1) is 5.01 Å². The van der Waals surface area contributed by atoms with Crippen molar-refractivity contribution in [3.63, 3.8) is 0 Å². The Hall–Kier alpha value is -0.940. The summed E-state index contributed by atoms with van der Waals surface area (Å²) in [6.07, 6.45) is 0. The molecule has 0 radical (unpaired) electrons. The SMILES string of the molecule is CCNCCNC(=O)c1csc(C)n1. The summed E-state index contributed by atoms with van der Waals surface area (Å²) in [4.78, 5) is 15.5. The van der Waals surface area contributed by atoms with Gasteiger partial charge in [-0.05, 0) is 13.5 Å². The third kappa shape index (κ3) is 3.43. The highest BCUT2D eigenvalue weighted by Gasteiger charge is 2.07. The number of nitrogens with zero attached hydrogens (tertiary/aromatic N) is 1. The van der Waals surface area contributed by atoms with E-state index in [0.29, 0.717) is 12.2 Å². The second-order valence-corrected chi connectivity index (χ2v) is 3.92. The molecule has 1 amide bonds. The van der Waals surface area contributed by atoms with Crippen LogP contribution in [0.5, 0.6) is 0 Å². The zero-order valence-electron chi connectivity index (χ0n) is 8.46. The number of hydrogen-bond acceptors (Lipinski definition) is 4. The van der Waals surface area contributed by atoms with Crippen molar-refractivity contribution < 1.29 is 4.79 Å². The van der Waals surface area contributed by atoms with Crippen molar-refractivity contribution >= 4 is 17.2 Å². The van der Waals surface area contributed by atoms with Gasteiger partial charge in [0.15, 0.2) is 0 Å². The molecule has 5 heteroatoms. The number of rotatable bonds is 5. The molecule has 2 N–H and O–H groups in total. The lowest BCUT2D eigenvalue weighted by Gasteiger charge is -2.02. The minimum Gasteiger partial charge on any atom is -0.349 e. The van der Waals surface area contributed by atoms with Gasteiger partial charge in [0.1, 0.15) is 5.69 Å². The standard InChI is InChI=1S/C9H15N3OS/c1-3-10-4-5-11-9(13)8-6-14-7(2)12-8/h6,10H,3-5H2,1-2H3,(H,11,13). The molecule has 0 bridgehead atoms. The second kappa shape index (κ2) is 5.72. The Labute approximate surface area is 87.7 Å². The van der Waals surface area contributed by atoms with Crippen molar-refractivity contribution in [2.45, 2.75) is 13.8 Å². The van der Waals surface area contributed by atoms with E-state index < -0.39 is 0 Å². The van der Waals surface area contributed by atoms with Crippen molar-refractivity contribution in [2.24, 2.45) is 0 Å². The topological polar surface area (TPSA) is 54.0 Å². The molecule has 78 valence electrons. The van der Waals surface area contributed by atoms with Crippen molar-refractivity contribution in [3.05, 3.63) is 16.1 Å². The average Bonchev–Trinajstić information content (AvgIpc) is 2.59. The number of amides is 1. The molecule has 1 rings (SSSR count). The van der Waals surface area contributed by atoms with Crippen LogP contribution < -0.4 is 10.6 Å². The number of hydrogen-bond donors (Lipinski definition) is 2. The van der Waals surface area contributed by atoms with E-state index in [2.05, 4.69) is 15.6 Å². The molecule has 0 aliphatic carbocycles. The maximum absolute atomic E-state index is 11.4. The largest absolute Gasteiger partial charge is 0.349 e. The maximum Gasteiger partial charge on any atom is 0.270 e. The predicted octanol–water partition coefficient (Wildman–Crippen LogP) is 0.791. The Morgan fingerprint density at radius 2 is 2.36 bits per heavy atom. The predicted molar refractivity (Wildman–Crippen MR) is 57.7 cm³/mol. The first-order chi connectivity index (χ1) is 6.74. The van der Waals surface area contributed by atoms with Gasteiger partial charge in [-0.15, -0.1) is 11.3 Å². The summed E-state index contributed by atoms with van der Waals surface area (Å²) in [5, 5.41) is 8.61. The van der Waals surface area contributed by atoms with Gasteiger partial charge in [-0.3, -0.25) is 4.79 Å². The first-order valence-corrected chi connectivity index (χ1v) is 5.53. The highest BCUT2D eigenvalue weighted by molar-refractivity contribution is 7.09. The molecule has 0 saturated heterocycles. The molecular formula is C9H15N3OS. The Balaban J connectivity index is 2.29. The fourth-order valence-corrected chi connectivity index (χ4v) is 1.59. The Bertz CT molecular complexity index is 298. The summed E-state index contributed by atoms with van der Waals surface area (Å²) >= 11 is 1.49. The molecule has 1 heterocycles. The molecule has 0 aliphatic heterocycles. The zero-order chi connectivity index (χ0) is 10.4. The van der Waals surface area contributed by atoms with E-state index in [-0.39, 0.29) is 5.91 Å². The normalized spacial score (nSPS) is 10.1. The van der Waals surface area contributed by atoms with Crippen LogP contribution in [0.25, 0.3) is 0 Å². The van der Waals surface area contributed by atoms with Gasteiger partial charge in [0.25, 0.3) is 5.91 Å². The molecule has 0 unspecified atom stereocenters. The van der Waals surface area contributed by atoms with Gasteiger partial charge >= 0.3 is 0 Å². The van der Waals surface area contributed by atoms with E-state index >= 15 is 0 Å². The van der Waals surface area contributed by atoms with Crippen LogP contribution in [0, 0.1) is 6.92 Å². The summed E-state index contributed by atoms with van der Waals surface area (Å²) in [5.41, 5.74) is 0.518. The number of nitrogens with one attached hydrogen (secondary N) is 2. The minimum absolute atomic E-state index is 0.0905. The van der Waals surface area contributed by atoms with Crippen LogP contribution in [0.4, 0.5) is 0 Å². The molecule has 0 aliphatic rings. The van der Waals surface area contributed by atoms with Crippen LogP contribution in [0.1, 0.15) is 22.4 Å². The molecule has 1 aromatic rings. The highest BCUT2D eigenvalue weighted by Crippen LogP contribution is 2.06. The van der Waals surface area contributed by atoms with Gasteiger partial charge < -0.3 is 10.6 Å². The van der Waals surface area contributed by atoms with Gasteiger partial charge in [-0.2, -0.15) is 0 Å². The van der Waals surface area contributed by atoms with Crippen LogP contribution >= 0.6 is 11.3 Å². The van der Waals surface area contributed by atoms with Crippen LogP contribution in [0.15, 0.2) is 5.38 Å². The lowest BCUT2D eigenvalue weighted by atomic mass is 10.4. The number of aryl methyl sites for hydroxylation is 1. The number of likely N-dealkylation sites (N-methyl/N-ethyl adjacent to an activating group) is 1. The van der Waals surface area contributed by atoms with Gasteiger partial charge in [0.2, 0.25) is 0 Å². The molecule has 4 nitrogen and oxygen atoms in total. The summed E-state index contributed by atoms with van der Waals surface area (Å²) in [5.74, 6) is -0.0905. The molecule has 0 atom stereocenters. The number of thiazole rings is 1. The van der Waals surface area contributed by atoms with Gasteiger partial charge in [-0.1, -0.05) is 6.92 Å². The molecular weight excluding hydrogens is 198 g/mol. The lowest BCUT2D eigenvalue weighted by Crippen LogP contribution is -2.31. The average molecular weight is 213 g/mol. The monoisotopic (exact) mass is 213 g/mol. The number of carbonyl (C=O) groups is 1. The number of aromatic nitrogens is 1. The van der Waals surface area contributed by atoms with Gasteiger partial charge in [0, 0.05) is 18.5 Å². The fourth-order valence-electron chi connectivity index (χ4n) is 0.999. The zero-order valence-corrected chi connectivity index (χ0v) is 9.28. The third-order valence-corrected chi connectivity index (χ3v) is 2.46. The van der Waals surface area contributed by atoms with Crippen molar-refractivity contribution in [1.29, 1.82) is 0 Å². The summed E-state index contributed by atoms with van der Waals surface area (Å²) in [6.45, 7) is 6.28. The first kappa shape index (κ1) is 11.1. The Morgan fingerprint density at radius 3 is 2.93 bits per heavy atom. The van der Waals surface area contributed by atoms with E-state index in [4.69, 9.17) is 0 Å². The fraction of sp³-hybridized carbons (Fsp3) is 0.556. The maximum atomic E-state index is 11.4. The Morgan fingerprint density at radius 1 is 1.57 bits per heavy atom. The molecule has 14 heavy (non-hydrogen) atoms.